The van der Waals surface area contributed by atoms with Crippen molar-refractivity contribution >= 4 is 39.3 Å². The van der Waals surface area contributed by atoms with Crippen molar-refractivity contribution in [3.05, 3.63) is 63.4 Å². The van der Waals surface area contributed by atoms with Crippen LogP contribution in [0.1, 0.15) is 16.1 Å². The number of nitrogens with zero attached hydrogens (tertiary/aromatic N) is 1. The van der Waals surface area contributed by atoms with Crippen molar-refractivity contribution in [2.75, 3.05) is 0 Å². The van der Waals surface area contributed by atoms with Gasteiger partial charge in [-0.05, 0) is 52.9 Å². The maximum Gasteiger partial charge on any atom is 0.211 e. The lowest BCUT2D eigenvalue weighted by Crippen LogP contribution is -1.94. The maximum absolute atomic E-state index is 12.3. The van der Waals surface area contributed by atoms with Gasteiger partial charge < -0.3 is 4.57 Å². The molecule has 3 aromatic rings. The molecule has 0 amide bonds. The minimum absolute atomic E-state index is 0.123. The lowest BCUT2D eigenvalue weighted by atomic mass is 10.1. The first kappa shape index (κ1) is 10.3. The zero-order chi connectivity index (χ0) is 12.3. The van der Waals surface area contributed by atoms with Gasteiger partial charge in [0.1, 0.15) is 0 Å². The van der Waals surface area contributed by atoms with Crippen molar-refractivity contribution in [3.63, 3.8) is 0 Å². The molecule has 3 heteroatoms. The van der Waals surface area contributed by atoms with Crippen LogP contribution in [0.5, 0.6) is 0 Å². The molecule has 0 N–H and O–H groups in total. The lowest BCUT2D eigenvalue weighted by Gasteiger charge is -2.03. The van der Waals surface area contributed by atoms with Gasteiger partial charge in [-0.2, -0.15) is 0 Å². The number of para-hydroxylation sites is 1. The summed E-state index contributed by atoms with van der Waals surface area (Å²) in [6, 6.07) is 15.9. The van der Waals surface area contributed by atoms with Crippen molar-refractivity contribution in [2.24, 2.45) is 0 Å². The molecule has 18 heavy (non-hydrogen) atoms. The summed E-state index contributed by atoms with van der Waals surface area (Å²) in [6.45, 7) is 0. The number of benzene rings is 2. The Balaban J connectivity index is 2.21. The molecule has 0 radical (unpaired) electrons. The third-order valence-corrected chi connectivity index (χ3v) is 4.36. The number of carbonyl (C=O) groups excluding carboxylic acids is 1. The van der Waals surface area contributed by atoms with E-state index < -0.39 is 0 Å². The van der Waals surface area contributed by atoms with Gasteiger partial charge in [-0.1, -0.05) is 18.2 Å². The third kappa shape index (κ3) is 1.15. The fourth-order valence-corrected chi connectivity index (χ4v) is 3.26. The molecule has 0 bridgehead atoms. The molecule has 2 nitrogen and oxygen atoms in total. The van der Waals surface area contributed by atoms with Gasteiger partial charge in [-0.25, -0.2) is 0 Å². The van der Waals surface area contributed by atoms with E-state index in [0.29, 0.717) is 0 Å². The Hall–Kier alpha value is -1.62. The first-order valence-electron chi connectivity index (χ1n) is 5.71. The lowest BCUT2D eigenvalue weighted by molar-refractivity contribution is 0.104. The van der Waals surface area contributed by atoms with Gasteiger partial charge in [0.05, 0.1) is 16.9 Å². The molecule has 0 aliphatic carbocycles. The molecule has 1 aromatic heterocycles. The number of ketones is 1. The highest BCUT2D eigenvalue weighted by Gasteiger charge is 2.28. The number of aromatic nitrogens is 1. The number of halogens is 1. The van der Waals surface area contributed by atoms with E-state index in [1.807, 2.05) is 36.4 Å². The smallest absolute Gasteiger partial charge is 0.211 e. The summed E-state index contributed by atoms with van der Waals surface area (Å²) >= 11 is 2.31. The molecule has 86 valence electrons. The Labute approximate surface area is 117 Å². The SMILES string of the molecule is O=C1c2ccccc2-n2c1cc1c(I)cccc12. The van der Waals surface area contributed by atoms with E-state index in [1.165, 1.54) is 3.57 Å². The highest BCUT2D eigenvalue weighted by atomic mass is 127. The van der Waals surface area contributed by atoms with Gasteiger partial charge in [0, 0.05) is 14.5 Å². The molecule has 0 unspecified atom stereocenters. The fraction of sp³-hybridized carbons (Fsp3) is 0. The minimum Gasteiger partial charge on any atom is -0.305 e. The topological polar surface area (TPSA) is 22.0 Å². The Morgan fingerprint density at radius 1 is 1.00 bits per heavy atom. The highest BCUT2D eigenvalue weighted by Crippen LogP contribution is 2.35. The zero-order valence-corrected chi connectivity index (χ0v) is 11.5. The third-order valence-electron chi connectivity index (χ3n) is 3.41. The maximum atomic E-state index is 12.3. The van der Waals surface area contributed by atoms with E-state index in [4.69, 9.17) is 0 Å². The molecule has 1 aliphatic heterocycles. The van der Waals surface area contributed by atoms with Crippen LogP contribution >= 0.6 is 22.6 Å². The van der Waals surface area contributed by atoms with E-state index in [9.17, 15) is 4.79 Å². The van der Waals surface area contributed by atoms with Crippen LogP contribution in [0, 0.1) is 3.57 Å². The van der Waals surface area contributed by atoms with Crippen LogP contribution in [0.15, 0.2) is 48.5 Å². The van der Waals surface area contributed by atoms with Gasteiger partial charge >= 0.3 is 0 Å². The Morgan fingerprint density at radius 3 is 2.72 bits per heavy atom. The first-order valence-corrected chi connectivity index (χ1v) is 6.79. The van der Waals surface area contributed by atoms with Crippen molar-refractivity contribution < 1.29 is 4.79 Å². The summed E-state index contributed by atoms with van der Waals surface area (Å²) in [5.41, 5.74) is 3.67. The van der Waals surface area contributed by atoms with Gasteiger partial charge in [0.25, 0.3) is 0 Å². The first-order chi connectivity index (χ1) is 8.77. The zero-order valence-electron chi connectivity index (χ0n) is 9.35. The summed E-state index contributed by atoms with van der Waals surface area (Å²) in [6.07, 6.45) is 0. The standard InChI is InChI=1S/C15H8INO/c16-11-5-3-7-13-10(11)8-14-15(18)9-4-1-2-6-12(9)17(13)14/h1-8H. The van der Waals surface area contributed by atoms with Crippen molar-refractivity contribution in [1.82, 2.24) is 4.57 Å². The highest BCUT2D eigenvalue weighted by molar-refractivity contribution is 14.1. The largest absolute Gasteiger partial charge is 0.305 e. The van der Waals surface area contributed by atoms with Crippen molar-refractivity contribution in [1.29, 1.82) is 0 Å². The number of rotatable bonds is 0. The number of carbonyl (C=O) groups is 1. The second-order valence-electron chi connectivity index (χ2n) is 4.38. The van der Waals surface area contributed by atoms with Gasteiger partial charge in [-0.3, -0.25) is 4.79 Å². The molecule has 0 saturated carbocycles. The second-order valence-corrected chi connectivity index (χ2v) is 5.55. The number of hydrogen-bond donors (Lipinski definition) is 0. The molecule has 2 aromatic carbocycles. The predicted octanol–water partition coefficient (Wildman–Crippen LogP) is 3.78. The van der Waals surface area contributed by atoms with Crippen LogP contribution in [0.25, 0.3) is 16.6 Å². The normalized spacial score (nSPS) is 12.8. The van der Waals surface area contributed by atoms with Gasteiger partial charge in [0.15, 0.2) is 0 Å². The summed E-state index contributed by atoms with van der Waals surface area (Å²) in [5, 5.41) is 1.15. The predicted molar refractivity (Wildman–Crippen MR) is 79.4 cm³/mol. The van der Waals surface area contributed by atoms with Crippen LogP contribution < -0.4 is 0 Å². The van der Waals surface area contributed by atoms with Gasteiger partial charge in [-0.15, -0.1) is 0 Å². The molecule has 0 saturated heterocycles. The van der Waals surface area contributed by atoms with E-state index in [2.05, 4.69) is 39.3 Å². The Bertz CT molecular complexity index is 816. The molecule has 0 spiro atoms. The van der Waals surface area contributed by atoms with Crippen LogP contribution in [-0.2, 0) is 0 Å². The Kier molecular flexibility index (Phi) is 1.97. The molecule has 0 atom stereocenters. The summed E-state index contributed by atoms with van der Waals surface area (Å²) in [4.78, 5) is 12.3. The van der Waals surface area contributed by atoms with Gasteiger partial charge in [0.2, 0.25) is 5.78 Å². The second kappa shape index (κ2) is 3.45. The average molecular weight is 345 g/mol. The molecule has 2 heterocycles. The van der Waals surface area contributed by atoms with Crippen LogP contribution in [0.4, 0.5) is 0 Å². The van der Waals surface area contributed by atoms with Crippen LogP contribution in [0.3, 0.4) is 0 Å². The molecular formula is C15H8INO. The van der Waals surface area contributed by atoms with E-state index >= 15 is 0 Å². The number of fused-ring (bicyclic) bond motifs is 5. The van der Waals surface area contributed by atoms with E-state index in [1.54, 1.807) is 0 Å². The van der Waals surface area contributed by atoms with Crippen molar-refractivity contribution in [3.8, 4) is 5.69 Å². The summed E-state index contributed by atoms with van der Waals surface area (Å²) in [7, 11) is 0. The Morgan fingerprint density at radius 2 is 1.83 bits per heavy atom. The molecule has 1 aliphatic rings. The van der Waals surface area contributed by atoms with Crippen LogP contribution in [0.2, 0.25) is 0 Å². The van der Waals surface area contributed by atoms with E-state index in [-0.39, 0.29) is 5.78 Å². The quantitative estimate of drug-likeness (QED) is 0.445. The minimum atomic E-state index is 0.123. The van der Waals surface area contributed by atoms with E-state index in [0.717, 1.165) is 27.8 Å². The summed E-state index contributed by atoms with van der Waals surface area (Å²) in [5.74, 6) is 0.123. The molecular weight excluding hydrogens is 337 g/mol. The monoisotopic (exact) mass is 345 g/mol. The number of hydrogen-bond acceptors (Lipinski definition) is 1. The average Bonchev–Trinajstić information content (AvgIpc) is 2.89. The molecule has 4 rings (SSSR count). The van der Waals surface area contributed by atoms with Crippen molar-refractivity contribution in [2.45, 2.75) is 0 Å². The fourth-order valence-electron chi connectivity index (χ4n) is 2.62. The molecule has 0 fully saturated rings. The summed E-state index contributed by atoms with van der Waals surface area (Å²) < 4.78 is 3.24. The van der Waals surface area contributed by atoms with Crippen LogP contribution in [-0.4, -0.2) is 10.4 Å².